The Morgan fingerprint density at radius 1 is 1.09 bits per heavy atom. The number of anilines is 2. The molecule has 0 aromatic heterocycles. The van der Waals surface area contributed by atoms with E-state index in [1.165, 1.54) is 13.8 Å². The van der Waals surface area contributed by atoms with Gasteiger partial charge in [-0.05, 0) is 24.3 Å². The van der Waals surface area contributed by atoms with E-state index in [0.717, 1.165) is 0 Å². The minimum absolute atomic E-state index is 0.0904. The van der Waals surface area contributed by atoms with Crippen molar-refractivity contribution in [3.8, 4) is 0 Å². The molecule has 0 aliphatic heterocycles. The van der Waals surface area contributed by atoms with Crippen LogP contribution in [0.1, 0.15) is 20.3 Å². The molecule has 0 unspecified atom stereocenters. The van der Waals surface area contributed by atoms with Crippen molar-refractivity contribution < 1.29 is 14.4 Å². The van der Waals surface area contributed by atoms with E-state index in [1.807, 2.05) is 0 Å². The molecule has 0 aliphatic carbocycles. The van der Waals surface area contributed by atoms with Crippen molar-refractivity contribution in [2.45, 2.75) is 20.3 Å². The van der Waals surface area contributed by atoms with E-state index in [4.69, 9.17) is 0 Å². The zero-order chi connectivity index (χ0) is 16.5. The van der Waals surface area contributed by atoms with Crippen LogP contribution in [0.5, 0.6) is 0 Å². The fourth-order valence-corrected chi connectivity index (χ4v) is 1.83. The summed E-state index contributed by atoms with van der Waals surface area (Å²) in [6, 6.07) is 6.82. The topological polar surface area (TPSA) is 78.5 Å². The summed E-state index contributed by atoms with van der Waals surface area (Å²) in [6.45, 7) is 7.24. The Hall–Kier alpha value is -2.63. The van der Waals surface area contributed by atoms with Crippen LogP contribution >= 0.6 is 0 Å². The van der Waals surface area contributed by atoms with Crippen LogP contribution in [-0.4, -0.2) is 35.7 Å². The van der Waals surface area contributed by atoms with Gasteiger partial charge in [0.2, 0.25) is 17.7 Å². The lowest BCUT2D eigenvalue weighted by Gasteiger charge is -2.18. The molecular formula is C16H21N3O3. The third-order valence-corrected chi connectivity index (χ3v) is 2.89. The molecule has 1 aromatic carbocycles. The third kappa shape index (κ3) is 6.21. The highest BCUT2D eigenvalue weighted by molar-refractivity contribution is 5.92. The van der Waals surface area contributed by atoms with Crippen molar-refractivity contribution in [2.24, 2.45) is 0 Å². The third-order valence-electron chi connectivity index (χ3n) is 2.89. The second-order valence-corrected chi connectivity index (χ2v) is 4.81. The van der Waals surface area contributed by atoms with Crippen molar-refractivity contribution in [3.63, 3.8) is 0 Å². The number of carbonyl (C=O) groups is 3. The molecule has 1 aromatic rings. The molecule has 0 spiro atoms. The van der Waals surface area contributed by atoms with Gasteiger partial charge in [-0.3, -0.25) is 14.4 Å². The first-order chi connectivity index (χ1) is 10.4. The van der Waals surface area contributed by atoms with Crippen molar-refractivity contribution >= 4 is 29.1 Å². The van der Waals surface area contributed by atoms with Crippen LogP contribution < -0.4 is 10.6 Å². The summed E-state index contributed by atoms with van der Waals surface area (Å²) in [5, 5.41) is 5.39. The van der Waals surface area contributed by atoms with Gasteiger partial charge >= 0.3 is 0 Å². The number of hydrogen-bond donors (Lipinski definition) is 2. The molecule has 0 fully saturated rings. The van der Waals surface area contributed by atoms with Gasteiger partial charge in [0.25, 0.3) is 0 Å². The molecule has 22 heavy (non-hydrogen) atoms. The molecule has 1 rings (SSSR count). The molecule has 0 atom stereocenters. The van der Waals surface area contributed by atoms with E-state index in [9.17, 15) is 14.4 Å². The summed E-state index contributed by atoms with van der Waals surface area (Å²) in [6.07, 6.45) is 1.83. The minimum atomic E-state index is -0.178. The first-order valence-corrected chi connectivity index (χ1v) is 6.96. The van der Waals surface area contributed by atoms with Gasteiger partial charge in [0.1, 0.15) is 0 Å². The van der Waals surface area contributed by atoms with E-state index in [0.29, 0.717) is 24.5 Å². The number of hydrogen-bond acceptors (Lipinski definition) is 3. The van der Waals surface area contributed by atoms with Gasteiger partial charge in [0, 0.05) is 44.7 Å². The Balaban J connectivity index is 2.49. The summed E-state index contributed by atoms with van der Waals surface area (Å²) in [5.41, 5.74) is 1.30. The summed E-state index contributed by atoms with van der Waals surface area (Å²) < 4.78 is 0. The Labute approximate surface area is 130 Å². The fourth-order valence-electron chi connectivity index (χ4n) is 1.83. The average molecular weight is 303 g/mol. The Bertz CT molecular complexity index is 552. The van der Waals surface area contributed by atoms with Crippen molar-refractivity contribution in [3.05, 3.63) is 36.9 Å². The van der Waals surface area contributed by atoms with Gasteiger partial charge in [0.05, 0.1) is 0 Å². The summed E-state index contributed by atoms with van der Waals surface area (Å²) in [5.74, 6) is -0.418. The van der Waals surface area contributed by atoms with E-state index in [-0.39, 0.29) is 24.1 Å². The maximum atomic E-state index is 11.9. The Morgan fingerprint density at radius 3 is 2.09 bits per heavy atom. The van der Waals surface area contributed by atoms with Crippen LogP contribution in [0.3, 0.4) is 0 Å². The molecule has 0 saturated heterocycles. The first-order valence-electron chi connectivity index (χ1n) is 6.96. The maximum absolute atomic E-state index is 11.9. The summed E-state index contributed by atoms with van der Waals surface area (Å²) in [7, 11) is 0. The van der Waals surface area contributed by atoms with Crippen molar-refractivity contribution in [1.29, 1.82) is 0 Å². The van der Waals surface area contributed by atoms with Crippen LogP contribution in [0, 0.1) is 0 Å². The average Bonchev–Trinajstić information content (AvgIpc) is 2.44. The highest BCUT2D eigenvalue weighted by Gasteiger charge is 2.09. The minimum Gasteiger partial charge on any atom is -0.339 e. The fraction of sp³-hybridized carbons (Fsp3) is 0.312. The zero-order valence-electron chi connectivity index (χ0n) is 12.9. The predicted molar refractivity (Wildman–Crippen MR) is 86.4 cm³/mol. The first kappa shape index (κ1) is 17.4. The SMILES string of the molecule is C=CCN(CCC(=O)Nc1ccc(NC(C)=O)cc1)C(C)=O. The van der Waals surface area contributed by atoms with Crippen LogP contribution in [0.4, 0.5) is 11.4 Å². The zero-order valence-corrected chi connectivity index (χ0v) is 12.9. The number of amides is 3. The highest BCUT2D eigenvalue weighted by atomic mass is 16.2. The second kappa shape index (κ2) is 8.61. The lowest BCUT2D eigenvalue weighted by molar-refractivity contribution is -0.128. The normalized spacial score (nSPS) is 9.73. The quantitative estimate of drug-likeness (QED) is 0.756. The number of rotatable bonds is 7. The van der Waals surface area contributed by atoms with Gasteiger partial charge in [-0.2, -0.15) is 0 Å². The Kier molecular flexibility index (Phi) is 6.82. The van der Waals surface area contributed by atoms with Crippen molar-refractivity contribution in [2.75, 3.05) is 23.7 Å². The van der Waals surface area contributed by atoms with E-state index >= 15 is 0 Å². The number of benzene rings is 1. The molecule has 0 bridgehead atoms. The van der Waals surface area contributed by atoms with E-state index in [1.54, 1.807) is 35.2 Å². The molecular weight excluding hydrogens is 282 g/mol. The standard InChI is InChI=1S/C16H21N3O3/c1-4-10-19(13(3)21)11-9-16(22)18-15-7-5-14(6-8-15)17-12(2)20/h4-8H,1,9-11H2,2-3H3,(H,17,20)(H,18,22). The lowest BCUT2D eigenvalue weighted by atomic mass is 10.2. The highest BCUT2D eigenvalue weighted by Crippen LogP contribution is 2.13. The van der Waals surface area contributed by atoms with Gasteiger partial charge in [-0.25, -0.2) is 0 Å². The monoisotopic (exact) mass is 303 g/mol. The molecule has 0 heterocycles. The van der Waals surface area contributed by atoms with Gasteiger partial charge in [-0.1, -0.05) is 6.08 Å². The van der Waals surface area contributed by atoms with Gasteiger partial charge in [0.15, 0.2) is 0 Å². The molecule has 0 aliphatic rings. The number of carbonyl (C=O) groups excluding carboxylic acids is 3. The van der Waals surface area contributed by atoms with E-state index < -0.39 is 0 Å². The van der Waals surface area contributed by atoms with E-state index in [2.05, 4.69) is 17.2 Å². The van der Waals surface area contributed by atoms with Crippen LogP contribution in [-0.2, 0) is 14.4 Å². The van der Waals surface area contributed by atoms with Crippen LogP contribution in [0.15, 0.2) is 36.9 Å². The largest absolute Gasteiger partial charge is 0.339 e. The summed E-state index contributed by atoms with van der Waals surface area (Å²) >= 11 is 0. The smallest absolute Gasteiger partial charge is 0.226 e. The van der Waals surface area contributed by atoms with Gasteiger partial charge < -0.3 is 15.5 Å². The molecule has 3 amide bonds. The second-order valence-electron chi connectivity index (χ2n) is 4.81. The van der Waals surface area contributed by atoms with Crippen LogP contribution in [0.25, 0.3) is 0 Å². The maximum Gasteiger partial charge on any atom is 0.226 e. The lowest BCUT2D eigenvalue weighted by Crippen LogP contribution is -2.32. The number of nitrogens with one attached hydrogen (secondary N) is 2. The molecule has 118 valence electrons. The number of nitrogens with zero attached hydrogens (tertiary/aromatic N) is 1. The molecule has 0 saturated carbocycles. The molecule has 6 heteroatoms. The molecule has 0 radical (unpaired) electrons. The van der Waals surface area contributed by atoms with Gasteiger partial charge in [-0.15, -0.1) is 6.58 Å². The van der Waals surface area contributed by atoms with Crippen molar-refractivity contribution in [1.82, 2.24) is 4.90 Å². The predicted octanol–water partition coefficient (Wildman–Crippen LogP) is 2.01. The molecule has 2 N–H and O–H groups in total. The van der Waals surface area contributed by atoms with Crippen LogP contribution in [0.2, 0.25) is 0 Å². The Morgan fingerprint density at radius 2 is 1.64 bits per heavy atom. The molecule has 6 nitrogen and oxygen atoms in total. The summed E-state index contributed by atoms with van der Waals surface area (Å²) in [4.78, 5) is 35.7.